The van der Waals surface area contributed by atoms with Crippen molar-refractivity contribution in [3.05, 3.63) is 39.1 Å². The number of carbonyl (C=O) groups is 2. The minimum Gasteiger partial charge on any atom is -0.444 e. The number of nitrogens with two attached hydrogens (primary N) is 1. The van der Waals surface area contributed by atoms with Gasteiger partial charge in [0.1, 0.15) is 16.3 Å². The Morgan fingerprint density at radius 2 is 2.03 bits per heavy atom. The minimum atomic E-state index is -0.597. The molecule has 186 valence electrons. The van der Waals surface area contributed by atoms with E-state index in [0.717, 1.165) is 27.5 Å². The summed E-state index contributed by atoms with van der Waals surface area (Å²) in [6.45, 7) is 12.1. The van der Waals surface area contributed by atoms with Gasteiger partial charge in [0.2, 0.25) is 5.95 Å². The fraction of sp³-hybridized carbons (Fsp3) is 0.500. The average molecular weight is 498 g/mol. The van der Waals surface area contributed by atoms with Crippen LogP contribution in [0.2, 0.25) is 0 Å². The van der Waals surface area contributed by atoms with Gasteiger partial charge in [0.15, 0.2) is 5.78 Å². The predicted molar refractivity (Wildman–Crippen MR) is 134 cm³/mol. The number of hydrogen-bond donors (Lipinski definition) is 2. The van der Waals surface area contributed by atoms with Gasteiger partial charge in [-0.15, -0.1) is 11.3 Å². The van der Waals surface area contributed by atoms with Crippen molar-refractivity contribution in [2.24, 2.45) is 0 Å². The number of nitrogens with zero attached hydrogens (tertiary/aromatic N) is 5. The van der Waals surface area contributed by atoms with Gasteiger partial charge in [-0.1, -0.05) is 13.8 Å². The van der Waals surface area contributed by atoms with Crippen LogP contribution >= 0.6 is 11.3 Å². The lowest BCUT2D eigenvalue weighted by atomic mass is 9.72. The Hall–Kier alpha value is -3.34. The van der Waals surface area contributed by atoms with Crippen LogP contribution in [-0.2, 0) is 29.5 Å². The molecular formula is C24H31N7O3S. The standard InChI is InChI=1S/C24H31N7O3S/c1-13-12-35-16(28-13)9-15(32)19-17-20(18-14(10-24(17,5)6)11-27-21(25)29-18)31(30-19)8-7-26-22(33)34-23(2,3)4/h11-12H,7-10H2,1-6H3,(H,26,33)(H2,25,27,29). The zero-order valence-electron chi connectivity index (χ0n) is 20.9. The van der Waals surface area contributed by atoms with Crippen molar-refractivity contribution in [3.63, 3.8) is 0 Å². The number of amides is 1. The summed E-state index contributed by atoms with van der Waals surface area (Å²) in [6.07, 6.45) is 2.04. The molecule has 11 heteroatoms. The van der Waals surface area contributed by atoms with E-state index in [9.17, 15) is 9.59 Å². The largest absolute Gasteiger partial charge is 0.444 e. The maximum absolute atomic E-state index is 13.5. The van der Waals surface area contributed by atoms with E-state index in [1.165, 1.54) is 11.3 Å². The Morgan fingerprint density at radius 3 is 2.69 bits per heavy atom. The van der Waals surface area contributed by atoms with Crippen molar-refractivity contribution in [1.82, 2.24) is 30.0 Å². The zero-order valence-corrected chi connectivity index (χ0v) is 21.7. The Balaban J connectivity index is 1.72. The highest BCUT2D eigenvalue weighted by Gasteiger charge is 2.40. The molecule has 0 aliphatic heterocycles. The molecule has 0 atom stereocenters. The molecule has 10 nitrogen and oxygen atoms in total. The number of aromatic nitrogens is 5. The fourth-order valence-electron chi connectivity index (χ4n) is 4.30. The average Bonchev–Trinajstić information content (AvgIpc) is 3.31. The van der Waals surface area contributed by atoms with Crippen molar-refractivity contribution < 1.29 is 14.3 Å². The number of carbonyl (C=O) groups excluding carboxylic acids is 2. The van der Waals surface area contributed by atoms with Gasteiger partial charge in [-0.05, 0) is 45.1 Å². The molecule has 0 radical (unpaired) electrons. The van der Waals surface area contributed by atoms with Crippen molar-refractivity contribution in [1.29, 1.82) is 0 Å². The van der Waals surface area contributed by atoms with Crippen LogP contribution in [-0.4, -0.2) is 48.8 Å². The molecule has 0 unspecified atom stereocenters. The predicted octanol–water partition coefficient (Wildman–Crippen LogP) is 3.47. The summed E-state index contributed by atoms with van der Waals surface area (Å²) in [7, 11) is 0. The number of Topliss-reactive ketones (excluding diaryl/α,β-unsaturated/α-hetero) is 1. The molecule has 3 heterocycles. The van der Waals surface area contributed by atoms with Crippen molar-refractivity contribution >= 4 is 29.2 Å². The van der Waals surface area contributed by atoms with E-state index in [1.54, 1.807) is 31.6 Å². The Labute approximate surface area is 208 Å². The first kappa shape index (κ1) is 24.8. The molecule has 1 amide bonds. The van der Waals surface area contributed by atoms with Crippen LogP contribution in [0, 0.1) is 6.92 Å². The number of alkyl carbamates (subject to hydrolysis) is 1. The molecule has 35 heavy (non-hydrogen) atoms. The minimum absolute atomic E-state index is 0.104. The Morgan fingerprint density at radius 1 is 1.29 bits per heavy atom. The normalized spacial score (nSPS) is 14.2. The highest BCUT2D eigenvalue weighted by Crippen LogP contribution is 2.44. The maximum atomic E-state index is 13.5. The van der Waals surface area contributed by atoms with Crippen LogP contribution in [0.25, 0.3) is 11.4 Å². The van der Waals surface area contributed by atoms with Crippen molar-refractivity contribution in [2.75, 3.05) is 12.3 Å². The summed E-state index contributed by atoms with van der Waals surface area (Å²) in [4.78, 5) is 38.7. The van der Waals surface area contributed by atoms with Gasteiger partial charge in [-0.2, -0.15) is 5.10 Å². The molecule has 4 rings (SSSR count). The molecule has 0 bridgehead atoms. The van der Waals surface area contributed by atoms with Crippen LogP contribution < -0.4 is 11.1 Å². The first-order chi connectivity index (χ1) is 16.3. The Bertz CT molecular complexity index is 1290. The van der Waals surface area contributed by atoms with Gasteiger partial charge in [0, 0.05) is 29.4 Å². The second-order valence-corrected chi connectivity index (χ2v) is 11.3. The van der Waals surface area contributed by atoms with E-state index >= 15 is 0 Å². The highest BCUT2D eigenvalue weighted by atomic mass is 32.1. The van der Waals surface area contributed by atoms with E-state index in [-0.39, 0.29) is 30.1 Å². The molecular weight excluding hydrogens is 466 g/mol. The molecule has 0 spiro atoms. The number of ketones is 1. The number of hydrogen-bond acceptors (Lipinski definition) is 9. The molecule has 3 N–H and O–H groups in total. The van der Waals surface area contributed by atoms with Gasteiger partial charge in [0.05, 0.1) is 24.4 Å². The molecule has 0 saturated carbocycles. The number of ether oxygens (including phenoxy) is 1. The van der Waals surface area contributed by atoms with Crippen LogP contribution in [0.1, 0.15) is 66.9 Å². The number of rotatable bonds is 6. The smallest absolute Gasteiger partial charge is 0.407 e. The summed E-state index contributed by atoms with van der Waals surface area (Å²) >= 11 is 1.46. The van der Waals surface area contributed by atoms with E-state index in [0.29, 0.717) is 24.4 Å². The number of nitrogens with one attached hydrogen (secondary N) is 1. The third-order valence-electron chi connectivity index (χ3n) is 5.60. The summed E-state index contributed by atoms with van der Waals surface area (Å²) in [6, 6.07) is 0. The van der Waals surface area contributed by atoms with E-state index in [1.807, 2.05) is 12.3 Å². The summed E-state index contributed by atoms with van der Waals surface area (Å²) in [5.74, 6) is 0.0492. The lowest BCUT2D eigenvalue weighted by molar-refractivity contribution is 0.0525. The van der Waals surface area contributed by atoms with E-state index < -0.39 is 11.7 Å². The number of thiazole rings is 1. The third-order valence-corrected chi connectivity index (χ3v) is 6.57. The summed E-state index contributed by atoms with van der Waals surface area (Å²) in [5.41, 5.74) is 9.40. The van der Waals surface area contributed by atoms with Gasteiger partial charge < -0.3 is 15.8 Å². The van der Waals surface area contributed by atoms with Crippen LogP contribution in [0.5, 0.6) is 0 Å². The molecule has 1 aliphatic carbocycles. The summed E-state index contributed by atoms with van der Waals surface area (Å²) in [5, 5.41) is 10.2. The van der Waals surface area contributed by atoms with Gasteiger partial charge >= 0.3 is 6.09 Å². The SMILES string of the molecule is Cc1csc(CC(=O)c2nn(CCNC(=O)OC(C)(C)C)c3c2C(C)(C)Cc2cnc(N)nc2-3)n1. The van der Waals surface area contributed by atoms with Crippen LogP contribution in [0.15, 0.2) is 11.6 Å². The van der Waals surface area contributed by atoms with Gasteiger partial charge in [-0.3, -0.25) is 9.48 Å². The van der Waals surface area contributed by atoms with Crippen molar-refractivity contribution in [3.8, 4) is 11.4 Å². The molecule has 0 aromatic carbocycles. The first-order valence-corrected chi connectivity index (χ1v) is 12.4. The third kappa shape index (κ3) is 5.34. The fourth-order valence-corrected chi connectivity index (χ4v) is 5.07. The number of aryl methyl sites for hydroxylation is 1. The molecule has 0 saturated heterocycles. The quantitative estimate of drug-likeness (QED) is 0.494. The molecule has 0 fully saturated rings. The Kier molecular flexibility index (Phi) is 6.39. The lowest BCUT2D eigenvalue weighted by Gasteiger charge is -2.31. The topological polar surface area (TPSA) is 138 Å². The monoisotopic (exact) mass is 497 g/mol. The van der Waals surface area contributed by atoms with Crippen LogP contribution in [0.3, 0.4) is 0 Å². The van der Waals surface area contributed by atoms with E-state index in [4.69, 9.17) is 15.6 Å². The second kappa shape index (κ2) is 9.03. The van der Waals surface area contributed by atoms with Crippen LogP contribution in [0.4, 0.5) is 10.7 Å². The number of anilines is 1. The number of fused-ring (bicyclic) bond motifs is 3. The summed E-state index contributed by atoms with van der Waals surface area (Å²) < 4.78 is 7.06. The lowest BCUT2D eigenvalue weighted by Crippen LogP contribution is -2.34. The number of nitrogen functional groups attached to an aromatic ring is 1. The zero-order chi connectivity index (χ0) is 25.5. The second-order valence-electron chi connectivity index (χ2n) is 10.4. The highest BCUT2D eigenvalue weighted by molar-refractivity contribution is 7.09. The molecule has 3 aromatic heterocycles. The van der Waals surface area contributed by atoms with Gasteiger partial charge in [-0.25, -0.2) is 19.7 Å². The molecule has 3 aromatic rings. The van der Waals surface area contributed by atoms with E-state index in [2.05, 4.69) is 34.1 Å². The molecule has 1 aliphatic rings. The van der Waals surface area contributed by atoms with Gasteiger partial charge in [0.25, 0.3) is 0 Å². The first-order valence-electron chi connectivity index (χ1n) is 11.5. The van der Waals surface area contributed by atoms with Crippen molar-refractivity contribution in [2.45, 2.75) is 71.9 Å². The maximum Gasteiger partial charge on any atom is 0.407 e.